The van der Waals surface area contributed by atoms with Gasteiger partial charge in [0.1, 0.15) is 5.82 Å². The number of carbonyl (C=O) groups excluding carboxylic acids is 1. The highest BCUT2D eigenvalue weighted by Crippen LogP contribution is 2.26. The Bertz CT molecular complexity index is 689. The second-order valence-electron chi connectivity index (χ2n) is 4.94. The normalized spacial score (nSPS) is 10.7. The highest BCUT2D eigenvalue weighted by atomic mass is 79.9. The first-order valence-electron chi connectivity index (χ1n) is 6.40. The van der Waals surface area contributed by atoms with Crippen LogP contribution in [0.2, 0.25) is 5.02 Å². The topological polar surface area (TPSA) is 68.0 Å². The maximum Gasteiger partial charge on any atom is 0.255 e. The van der Waals surface area contributed by atoms with Crippen LogP contribution in [0.25, 0.3) is 0 Å². The van der Waals surface area contributed by atoms with Gasteiger partial charge in [-0.25, -0.2) is 4.98 Å². The van der Waals surface area contributed by atoms with E-state index in [0.717, 1.165) is 10.2 Å². The number of hydrogen-bond donors (Lipinski definition) is 2. The monoisotopic (exact) mass is 367 g/mol. The molecule has 1 aromatic carbocycles. The van der Waals surface area contributed by atoms with Crippen molar-refractivity contribution in [3.8, 4) is 0 Å². The van der Waals surface area contributed by atoms with Crippen molar-refractivity contribution >= 4 is 44.9 Å². The van der Waals surface area contributed by atoms with Gasteiger partial charge in [0.2, 0.25) is 0 Å². The first-order chi connectivity index (χ1) is 9.86. The van der Waals surface area contributed by atoms with Gasteiger partial charge in [0.15, 0.2) is 0 Å². The Morgan fingerprint density at radius 3 is 2.67 bits per heavy atom. The zero-order chi connectivity index (χ0) is 15.6. The summed E-state index contributed by atoms with van der Waals surface area (Å²) in [5, 5.41) is 3.32. The van der Waals surface area contributed by atoms with Gasteiger partial charge in [0.25, 0.3) is 5.91 Å². The van der Waals surface area contributed by atoms with Gasteiger partial charge < -0.3 is 11.1 Å². The van der Waals surface area contributed by atoms with Crippen molar-refractivity contribution in [2.45, 2.75) is 19.8 Å². The van der Waals surface area contributed by atoms with Crippen LogP contribution in [-0.4, -0.2) is 10.9 Å². The molecule has 4 nitrogen and oxygen atoms in total. The number of anilines is 2. The lowest BCUT2D eigenvalue weighted by Crippen LogP contribution is -2.13. The summed E-state index contributed by atoms with van der Waals surface area (Å²) < 4.78 is 0.775. The van der Waals surface area contributed by atoms with Gasteiger partial charge in [0.05, 0.1) is 5.02 Å². The Hall–Kier alpha value is -1.59. The molecule has 0 radical (unpaired) electrons. The van der Waals surface area contributed by atoms with E-state index in [1.807, 2.05) is 13.8 Å². The number of pyridine rings is 1. The second-order valence-corrected chi connectivity index (χ2v) is 6.20. The van der Waals surface area contributed by atoms with E-state index in [1.165, 1.54) is 0 Å². The fourth-order valence-electron chi connectivity index (χ4n) is 1.78. The van der Waals surface area contributed by atoms with E-state index in [0.29, 0.717) is 22.1 Å². The number of amides is 1. The molecule has 1 amide bonds. The molecule has 0 fully saturated rings. The van der Waals surface area contributed by atoms with Crippen molar-refractivity contribution < 1.29 is 4.79 Å². The predicted octanol–water partition coefficient (Wildman–Crippen LogP) is 4.46. The Morgan fingerprint density at radius 2 is 2.05 bits per heavy atom. The molecule has 110 valence electrons. The highest BCUT2D eigenvalue weighted by Gasteiger charge is 2.11. The maximum atomic E-state index is 12.3. The van der Waals surface area contributed by atoms with Crippen LogP contribution in [0.1, 0.15) is 35.8 Å². The molecule has 0 aliphatic rings. The van der Waals surface area contributed by atoms with Crippen LogP contribution in [0.3, 0.4) is 0 Å². The third kappa shape index (κ3) is 3.95. The van der Waals surface area contributed by atoms with Gasteiger partial charge in [-0.3, -0.25) is 4.79 Å². The number of nitrogens with two attached hydrogens (primary N) is 1. The minimum absolute atomic E-state index is 0.196. The fraction of sp³-hybridized carbons (Fsp3) is 0.200. The lowest BCUT2D eigenvalue weighted by atomic mass is 10.1. The lowest BCUT2D eigenvalue weighted by Gasteiger charge is -2.10. The summed E-state index contributed by atoms with van der Waals surface area (Å²) in [5.74, 6) is 0.284. The standard InChI is InChI=1S/C15H15BrClN3O/c1-8(2)13-5-9(6-14(18)20-13)15(21)19-10-3-4-11(16)12(17)7-10/h3-8H,1-2H3,(H2,18,20)(H,19,21). The maximum absolute atomic E-state index is 12.3. The number of aromatic nitrogens is 1. The van der Waals surface area contributed by atoms with Crippen LogP contribution in [0, 0.1) is 0 Å². The first-order valence-corrected chi connectivity index (χ1v) is 7.58. The number of nitrogen functional groups attached to an aromatic ring is 1. The summed E-state index contributed by atoms with van der Waals surface area (Å²) >= 11 is 9.31. The molecule has 0 bridgehead atoms. The summed E-state index contributed by atoms with van der Waals surface area (Å²) in [5.41, 5.74) is 7.64. The molecule has 0 unspecified atom stereocenters. The molecule has 0 saturated heterocycles. The minimum Gasteiger partial charge on any atom is -0.384 e. The zero-order valence-corrected chi connectivity index (χ0v) is 14.0. The van der Waals surface area contributed by atoms with Crippen LogP contribution in [0.5, 0.6) is 0 Å². The lowest BCUT2D eigenvalue weighted by molar-refractivity contribution is 0.102. The molecule has 2 aromatic rings. The number of rotatable bonds is 3. The largest absolute Gasteiger partial charge is 0.384 e. The number of benzene rings is 1. The average molecular weight is 369 g/mol. The smallest absolute Gasteiger partial charge is 0.255 e. The van der Waals surface area contributed by atoms with Crippen LogP contribution in [0.4, 0.5) is 11.5 Å². The molecule has 3 N–H and O–H groups in total. The van der Waals surface area contributed by atoms with Gasteiger partial charge in [-0.1, -0.05) is 25.4 Å². The predicted molar refractivity (Wildman–Crippen MR) is 89.8 cm³/mol. The minimum atomic E-state index is -0.246. The Balaban J connectivity index is 2.25. The fourth-order valence-corrected chi connectivity index (χ4v) is 2.21. The number of carbonyl (C=O) groups is 1. The molecule has 0 aliphatic heterocycles. The van der Waals surface area contributed by atoms with Gasteiger partial charge >= 0.3 is 0 Å². The zero-order valence-electron chi connectivity index (χ0n) is 11.7. The van der Waals surface area contributed by atoms with E-state index in [9.17, 15) is 4.79 Å². The van der Waals surface area contributed by atoms with Crippen molar-refractivity contribution in [2.75, 3.05) is 11.1 Å². The molecular formula is C15H15BrClN3O. The summed E-state index contributed by atoms with van der Waals surface area (Å²) in [7, 11) is 0. The van der Waals surface area contributed by atoms with Crippen molar-refractivity contribution in [1.82, 2.24) is 4.98 Å². The molecule has 1 heterocycles. The van der Waals surface area contributed by atoms with Crippen molar-refractivity contribution in [3.63, 3.8) is 0 Å². The average Bonchev–Trinajstić information content (AvgIpc) is 2.42. The van der Waals surface area contributed by atoms with Crippen LogP contribution in [0.15, 0.2) is 34.8 Å². The molecule has 2 rings (SSSR count). The van der Waals surface area contributed by atoms with E-state index in [4.69, 9.17) is 17.3 Å². The van der Waals surface area contributed by atoms with Crippen molar-refractivity contribution in [2.24, 2.45) is 0 Å². The SMILES string of the molecule is CC(C)c1cc(C(=O)Nc2ccc(Br)c(Cl)c2)cc(N)n1. The Morgan fingerprint density at radius 1 is 1.33 bits per heavy atom. The number of nitrogens with one attached hydrogen (secondary N) is 1. The van der Waals surface area contributed by atoms with E-state index in [2.05, 4.69) is 26.2 Å². The van der Waals surface area contributed by atoms with E-state index in [-0.39, 0.29) is 11.8 Å². The highest BCUT2D eigenvalue weighted by molar-refractivity contribution is 9.10. The van der Waals surface area contributed by atoms with Crippen molar-refractivity contribution in [1.29, 1.82) is 0 Å². The van der Waals surface area contributed by atoms with Crippen LogP contribution < -0.4 is 11.1 Å². The van der Waals surface area contributed by atoms with Crippen molar-refractivity contribution in [3.05, 3.63) is 51.1 Å². The van der Waals surface area contributed by atoms with Gasteiger partial charge in [-0.05, 0) is 52.2 Å². The van der Waals surface area contributed by atoms with Gasteiger partial charge in [-0.15, -0.1) is 0 Å². The molecule has 6 heteroatoms. The molecular weight excluding hydrogens is 354 g/mol. The van der Waals surface area contributed by atoms with Crippen LogP contribution in [-0.2, 0) is 0 Å². The van der Waals surface area contributed by atoms with Gasteiger partial charge in [-0.2, -0.15) is 0 Å². The summed E-state index contributed by atoms with van der Waals surface area (Å²) in [6, 6.07) is 8.52. The molecule has 21 heavy (non-hydrogen) atoms. The van der Waals surface area contributed by atoms with E-state index < -0.39 is 0 Å². The summed E-state index contributed by atoms with van der Waals surface area (Å²) in [6.07, 6.45) is 0. The third-order valence-electron chi connectivity index (χ3n) is 2.90. The van der Waals surface area contributed by atoms with E-state index >= 15 is 0 Å². The molecule has 1 aromatic heterocycles. The van der Waals surface area contributed by atoms with Crippen LogP contribution >= 0.6 is 27.5 Å². The molecule has 0 aliphatic carbocycles. The second kappa shape index (κ2) is 6.45. The summed E-state index contributed by atoms with van der Waals surface area (Å²) in [4.78, 5) is 16.5. The quantitative estimate of drug-likeness (QED) is 0.840. The molecule has 0 spiro atoms. The molecule has 0 atom stereocenters. The number of nitrogens with zero attached hydrogens (tertiary/aromatic N) is 1. The summed E-state index contributed by atoms with van der Waals surface area (Å²) in [6.45, 7) is 4.00. The van der Waals surface area contributed by atoms with E-state index in [1.54, 1.807) is 30.3 Å². The Kier molecular flexibility index (Phi) is 4.85. The Labute approximate surface area is 136 Å². The van der Waals surface area contributed by atoms with Gasteiger partial charge in [0, 0.05) is 21.4 Å². The number of hydrogen-bond acceptors (Lipinski definition) is 3. The third-order valence-corrected chi connectivity index (χ3v) is 4.13. The first kappa shape index (κ1) is 15.8. The number of halogens is 2. The molecule has 0 saturated carbocycles.